The number of fused-ring (bicyclic) bond motifs is 1. The SMILES string of the molecule is COC(=O)c1ccc(C(C)NC(=O)OCc2ccccc2)c2ccccc12. The summed E-state index contributed by atoms with van der Waals surface area (Å²) >= 11 is 0. The van der Waals surface area contributed by atoms with Crippen LogP contribution in [0.25, 0.3) is 10.8 Å². The second kappa shape index (κ2) is 8.36. The van der Waals surface area contributed by atoms with Crippen LogP contribution in [-0.2, 0) is 16.1 Å². The van der Waals surface area contributed by atoms with Crippen molar-refractivity contribution in [3.8, 4) is 0 Å². The highest BCUT2D eigenvalue weighted by atomic mass is 16.5. The normalized spacial score (nSPS) is 11.6. The van der Waals surface area contributed by atoms with Crippen LogP contribution in [0.4, 0.5) is 4.79 Å². The smallest absolute Gasteiger partial charge is 0.407 e. The van der Waals surface area contributed by atoms with Crippen LogP contribution in [0.2, 0.25) is 0 Å². The fraction of sp³-hybridized carbons (Fsp3) is 0.182. The van der Waals surface area contributed by atoms with Crippen molar-refractivity contribution in [2.24, 2.45) is 0 Å². The van der Waals surface area contributed by atoms with Crippen molar-refractivity contribution < 1.29 is 19.1 Å². The lowest BCUT2D eigenvalue weighted by atomic mass is 9.96. The van der Waals surface area contributed by atoms with Crippen molar-refractivity contribution in [3.63, 3.8) is 0 Å². The summed E-state index contributed by atoms with van der Waals surface area (Å²) < 4.78 is 10.1. The molecule has 0 fully saturated rings. The number of hydrogen-bond acceptors (Lipinski definition) is 4. The van der Waals surface area contributed by atoms with E-state index in [0.29, 0.717) is 5.56 Å². The first-order valence-corrected chi connectivity index (χ1v) is 8.67. The average Bonchev–Trinajstić information content (AvgIpc) is 2.71. The highest BCUT2D eigenvalue weighted by Crippen LogP contribution is 2.27. The summed E-state index contributed by atoms with van der Waals surface area (Å²) in [6.07, 6.45) is -0.493. The van der Waals surface area contributed by atoms with Crippen LogP contribution in [0.5, 0.6) is 0 Å². The summed E-state index contributed by atoms with van der Waals surface area (Å²) in [5.41, 5.74) is 2.32. The third-order valence-electron chi connectivity index (χ3n) is 4.38. The van der Waals surface area contributed by atoms with E-state index in [1.165, 1.54) is 7.11 Å². The molecule has 0 aliphatic rings. The van der Waals surface area contributed by atoms with Gasteiger partial charge in [-0.1, -0.05) is 60.7 Å². The lowest BCUT2D eigenvalue weighted by Crippen LogP contribution is -2.27. The largest absolute Gasteiger partial charge is 0.465 e. The maximum Gasteiger partial charge on any atom is 0.407 e. The Labute approximate surface area is 157 Å². The van der Waals surface area contributed by atoms with Crippen LogP contribution >= 0.6 is 0 Å². The predicted octanol–water partition coefficient (Wildman–Crippen LogP) is 4.61. The molecule has 0 aliphatic carbocycles. The maximum atomic E-state index is 12.2. The lowest BCUT2D eigenvalue weighted by Gasteiger charge is -2.18. The number of alkyl carbamates (subject to hydrolysis) is 1. The molecule has 0 radical (unpaired) electrons. The molecule has 27 heavy (non-hydrogen) atoms. The molecule has 1 amide bonds. The van der Waals surface area contributed by atoms with E-state index in [4.69, 9.17) is 9.47 Å². The minimum absolute atomic E-state index is 0.210. The Bertz CT molecular complexity index is 953. The number of benzene rings is 3. The second-order valence-electron chi connectivity index (χ2n) is 6.17. The van der Waals surface area contributed by atoms with Gasteiger partial charge in [0, 0.05) is 0 Å². The number of hydrogen-bond donors (Lipinski definition) is 1. The van der Waals surface area contributed by atoms with E-state index in [9.17, 15) is 9.59 Å². The van der Waals surface area contributed by atoms with Crippen LogP contribution in [0, 0.1) is 0 Å². The van der Waals surface area contributed by atoms with Crippen LogP contribution in [0.1, 0.15) is 34.5 Å². The maximum absolute atomic E-state index is 12.2. The molecule has 138 valence electrons. The summed E-state index contributed by atoms with van der Waals surface area (Å²) in [7, 11) is 1.36. The van der Waals surface area contributed by atoms with E-state index in [1.54, 1.807) is 6.07 Å². The van der Waals surface area contributed by atoms with Gasteiger partial charge in [-0.2, -0.15) is 0 Å². The van der Waals surface area contributed by atoms with Crippen molar-refractivity contribution in [1.82, 2.24) is 5.32 Å². The Kier molecular flexibility index (Phi) is 5.71. The van der Waals surface area contributed by atoms with Crippen LogP contribution < -0.4 is 5.32 Å². The fourth-order valence-corrected chi connectivity index (χ4v) is 3.01. The minimum atomic E-state index is -0.493. The molecule has 0 aliphatic heterocycles. The third kappa shape index (κ3) is 4.26. The standard InChI is InChI=1S/C22H21NO4/c1-15(23-22(25)27-14-16-8-4-3-5-9-16)17-12-13-20(21(24)26-2)19-11-7-6-10-18(17)19/h3-13,15H,14H2,1-2H3,(H,23,25). The highest BCUT2D eigenvalue weighted by Gasteiger charge is 2.17. The summed E-state index contributed by atoms with van der Waals surface area (Å²) in [6, 6.07) is 20.3. The molecule has 5 nitrogen and oxygen atoms in total. The molecule has 1 N–H and O–H groups in total. The number of carbonyl (C=O) groups is 2. The molecule has 1 unspecified atom stereocenters. The molecule has 0 bridgehead atoms. The van der Waals surface area contributed by atoms with Crippen LogP contribution in [-0.4, -0.2) is 19.2 Å². The zero-order chi connectivity index (χ0) is 19.2. The Morgan fingerprint density at radius 3 is 2.30 bits per heavy atom. The van der Waals surface area contributed by atoms with Crippen molar-refractivity contribution in [2.45, 2.75) is 19.6 Å². The van der Waals surface area contributed by atoms with Gasteiger partial charge in [0.25, 0.3) is 0 Å². The van der Waals surface area contributed by atoms with E-state index in [1.807, 2.05) is 67.6 Å². The Morgan fingerprint density at radius 2 is 1.59 bits per heavy atom. The van der Waals surface area contributed by atoms with E-state index in [0.717, 1.165) is 21.9 Å². The minimum Gasteiger partial charge on any atom is -0.465 e. The van der Waals surface area contributed by atoms with Crippen LogP contribution in [0.15, 0.2) is 66.7 Å². The molecule has 1 atom stereocenters. The highest BCUT2D eigenvalue weighted by molar-refractivity contribution is 6.05. The number of ether oxygens (including phenoxy) is 2. The molecule has 0 spiro atoms. The first-order valence-electron chi connectivity index (χ1n) is 8.67. The van der Waals surface area contributed by atoms with Gasteiger partial charge < -0.3 is 14.8 Å². The van der Waals surface area contributed by atoms with Crippen molar-refractivity contribution in [1.29, 1.82) is 0 Å². The predicted molar refractivity (Wildman–Crippen MR) is 103 cm³/mol. The zero-order valence-corrected chi connectivity index (χ0v) is 15.3. The van der Waals surface area contributed by atoms with Gasteiger partial charge in [0.05, 0.1) is 18.7 Å². The van der Waals surface area contributed by atoms with Crippen LogP contribution in [0.3, 0.4) is 0 Å². The molecular formula is C22H21NO4. The second-order valence-corrected chi connectivity index (χ2v) is 6.17. The topological polar surface area (TPSA) is 64.6 Å². The van der Waals surface area contributed by atoms with E-state index in [2.05, 4.69) is 5.32 Å². The summed E-state index contributed by atoms with van der Waals surface area (Å²) in [5.74, 6) is -0.388. The first kappa shape index (κ1) is 18.5. The monoisotopic (exact) mass is 363 g/mol. The summed E-state index contributed by atoms with van der Waals surface area (Å²) in [6.45, 7) is 2.09. The van der Waals surface area contributed by atoms with Gasteiger partial charge in [-0.25, -0.2) is 9.59 Å². The lowest BCUT2D eigenvalue weighted by molar-refractivity contribution is 0.0603. The van der Waals surface area contributed by atoms with Gasteiger partial charge in [0.15, 0.2) is 0 Å². The zero-order valence-electron chi connectivity index (χ0n) is 15.3. The average molecular weight is 363 g/mol. The molecule has 0 heterocycles. The van der Waals surface area contributed by atoms with E-state index < -0.39 is 6.09 Å². The van der Waals surface area contributed by atoms with E-state index >= 15 is 0 Å². The Balaban J connectivity index is 1.76. The number of nitrogens with one attached hydrogen (secondary N) is 1. The van der Waals surface area contributed by atoms with Gasteiger partial charge in [-0.15, -0.1) is 0 Å². The van der Waals surface area contributed by atoms with Crippen molar-refractivity contribution in [3.05, 3.63) is 83.4 Å². The van der Waals surface area contributed by atoms with E-state index in [-0.39, 0.29) is 18.6 Å². The van der Waals surface area contributed by atoms with Crippen molar-refractivity contribution >= 4 is 22.8 Å². The third-order valence-corrected chi connectivity index (χ3v) is 4.38. The molecule has 0 saturated carbocycles. The van der Waals surface area contributed by atoms with Gasteiger partial charge in [-0.05, 0) is 34.9 Å². The fourth-order valence-electron chi connectivity index (χ4n) is 3.01. The molecule has 3 aromatic rings. The van der Waals surface area contributed by atoms with Gasteiger partial charge in [-0.3, -0.25) is 0 Å². The van der Waals surface area contributed by atoms with Gasteiger partial charge in [0.2, 0.25) is 0 Å². The van der Waals surface area contributed by atoms with Gasteiger partial charge >= 0.3 is 12.1 Å². The molecule has 3 rings (SSSR count). The summed E-state index contributed by atoms with van der Waals surface area (Å²) in [4.78, 5) is 24.1. The molecule has 5 heteroatoms. The number of esters is 1. The summed E-state index contributed by atoms with van der Waals surface area (Å²) in [5, 5.41) is 4.51. The Morgan fingerprint density at radius 1 is 0.926 bits per heavy atom. The molecule has 0 saturated heterocycles. The number of carbonyl (C=O) groups excluding carboxylic acids is 2. The van der Waals surface area contributed by atoms with Gasteiger partial charge in [0.1, 0.15) is 6.61 Å². The quantitative estimate of drug-likeness (QED) is 0.672. The Hall–Kier alpha value is -3.34. The molecule has 3 aromatic carbocycles. The number of rotatable bonds is 5. The number of amides is 1. The molecular weight excluding hydrogens is 342 g/mol. The number of methoxy groups -OCH3 is 1. The van der Waals surface area contributed by atoms with Crippen molar-refractivity contribution in [2.75, 3.05) is 7.11 Å². The first-order chi connectivity index (χ1) is 13.1. The molecule has 0 aromatic heterocycles.